The fourth-order valence-corrected chi connectivity index (χ4v) is 2.74. The van der Waals surface area contributed by atoms with Gasteiger partial charge in [0.2, 0.25) is 0 Å². The van der Waals surface area contributed by atoms with E-state index in [1.54, 1.807) is 19.2 Å². The molecule has 2 aromatic carbocycles. The Morgan fingerprint density at radius 2 is 1.70 bits per heavy atom. The number of fused-ring (bicyclic) bond motifs is 1. The minimum absolute atomic E-state index is 0.326. The van der Waals surface area contributed by atoms with Crippen LogP contribution in [0, 0.1) is 20.2 Å². The Bertz CT molecular complexity index is 952. The first-order valence-corrected chi connectivity index (χ1v) is 7.78. The first kappa shape index (κ1) is 18.0. The third kappa shape index (κ3) is 3.73. The molecule has 10 heteroatoms. The van der Waals surface area contributed by atoms with E-state index in [-0.39, 0.29) is 5.56 Å². The van der Waals surface area contributed by atoms with Crippen LogP contribution in [0.5, 0.6) is 5.75 Å². The number of hydrogen-bond donors (Lipinski definition) is 0. The van der Waals surface area contributed by atoms with E-state index in [1.807, 2.05) is 6.07 Å². The molecule has 1 aliphatic carbocycles. The Morgan fingerprint density at radius 3 is 2.30 bits per heavy atom. The van der Waals surface area contributed by atoms with E-state index in [1.165, 1.54) is 0 Å². The lowest BCUT2D eigenvalue weighted by Crippen LogP contribution is -2.06. The molecule has 0 fully saturated rings. The van der Waals surface area contributed by atoms with Gasteiger partial charge in [0.15, 0.2) is 0 Å². The number of rotatable bonds is 5. The van der Waals surface area contributed by atoms with E-state index in [2.05, 4.69) is 5.16 Å². The van der Waals surface area contributed by atoms with Crippen molar-refractivity contribution in [1.82, 2.24) is 0 Å². The molecule has 0 heterocycles. The van der Waals surface area contributed by atoms with Crippen LogP contribution in [0.3, 0.4) is 0 Å². The standard InChI is InChI=1S/C17H13N3O7/c1-26-14-3-4-15-10(8-14)2-5-16(15)18-27-17(21)11-6-12(19(22)23)9-13(7-11)20(24)25/h3-4,6-9H,2,5H2,1H3/b18-16+. The monoisotopic (exact) mass is 371 g/mol. The Hall–Kier alpha value is -3.82. The molecule has 0 saturated heterocycles. The lowest BCUT2D eigenvalue weighted by atomic mass is 10.1. The van der Waals surface area contributed by atoms with Gasteiger partial charge < -0.3 is 9.57 Å². The Balaban J connectivity index is 1.84. The van der Waals surface area contributed by atoms with Crippen molar-refractivity contribution in [3.8, 4) is 5.75 Å². The van der Waals surface area contributed by atoms with Crippen LogP contribution in [0.15, 0.2) is 41.6 Å². The number of non-ortho nitro benzene ring substituents is 2. The van der Waals surface area contributed by atoms with E-state index in [9.17, 15) is 25.0 Å². The molecular formula is C17H13N3O7. The molecule has 0 spiro atoms. The molecule has 0 atom stereocenters. The predicted molar refractivity (Wildman–Crippen MR) is 93.0 cm³/mol. The second-order valence-corrected chi connectivity index (χ2v) is 5.69. The summed E-state index contributed by atoms with van der Waals surface area (Å²) in [4.78, 5) is 37.2. The highest BCUT2D eigenvalue weighted by atomic mass is 16.7. The molecule has 0 bridgehead atoms. The van der Waals surface area contributed by atoms with Gasteiger partial charge in [-0.1, -0.05) is 5.16 Å². The van der Waals surface area contributed by atoms with E-state index >= 15 is 0 Å². The van der Waals surface area contributed by atoms with E-state index in [0.29, 0.717) is 24.3 Å². The zero-order valence-corrected chi connectivity index (χ0v) is 14.1. The summed E-state index contributed by atoms with van der Waals surface area (Å²) in [5.74, 6) is -0.313. The van der Waals surface area contributed by atoms with Crippen LogP contribution in [0.1, 0.15) is 27.9 Å². The summed E-state index contributed by atoms with van der Waals surface area (Å²) >= 11 is 0. The highest BCUT2D eigenvalue weighted by Crippen LogP contribution is 2.27. The van der Waals surface area contributed by atoms with Crippen LogP contribution in [0.4, 0.5) is 11.4 Å². The third-order valence-electron chi connectivity index (χ3n) is 4.05. The number of benzene rings is 2. The lowest BCUT2D eigenvalue weighted by Gasteiger charge is -2.04. The maximum absolute atomic E-state index is 12.2. The number of oxime groups is 1. The number of carbonyl (C=O) groups excluding carboxylic acids is 1. The summed E-state index contributed by atoms with van der Waals surface area (Å²) in [5.41, 5.74) is 0.863. The van der Waals surface area contributed by atoms with Crippen molar-refractivity contribution in [2.75, 3.05) is 7.11 Å². The predicted octanol–water partition coefficient (Wildman–Crippen LogP) is 3.02. The van der Waals surface area contributed by atoms with Gasteiger partial charge in [-0.25, -0.2) is 4.79 Å². The fraction of sp³-hybridized carbons (Fsp3) is 0.176. The number of nitro groups is 2. The summed E-state index contributed by atoms with van der Waals surface area (Å²) < 4.78 is 5.16. The van der Waals surface area contributed by atoms with Gasteiger partial charge in [-0.15, -0.1) is 0 Å². The topological polar surface area (TPSA) is 134 Å². The second-order valence-electron chi connectivity index (χ2n) is 5.69. The summed E-state index contributed by atoms with van der Waals surface area (Å²) in [6.07, 6.45) is 1.25. The summed E-state index contributed by atoms with van der Waals surface area (Å²) in [7, 11) is 1.56. The molecule has 0 aliphatic heterocycles. The smallest absolute Gasteiger partial charge is 0.366 e. The molecular weight excluding hydrogens is 358 g/mol. The van der Waals surface area contributed by atoms with E-state index in [4.69, 9.17) is 9.57 Å². The average molecular weight is 371 g/mol. The van der Waals surface area contributed by atoms with Crippen molar-refractivity contribution in [3.63, 3.8) is 0 Å². The van der Waals surface area contributed by atoms with Gasteiger partial charge in [-0.05, 0) is 36.6 Å². The molecule has 0 N–H and O–H groups in total. The van der Waals surface area contributed by atoms with Gasteiger partial charge in [-0.2, -0.15) is 0 Å². The van der Waals surface area contributed by atoms with Crippen molar-refractivity contribution in [2.24, 2.45) is 5.16 Å². The van der Waals surface area contributed by atoms with Crippen LogP contribution >= 0.6 is 0 Å². The maximum Gasteiger partial charge on any atom is 0.366 e. The molecule has 1 aliphatic rings. The van der Waals surface area contributed by atoms with Gasteiger partial charge in [0, 0.05) is 17.7 Å². The first-order chi connectivity index (χ1) is 12.9. The number of methoxy groups -OCH3 is 1. The molecule has 0 radical (unpaired) electrons. The number of ether oxygens (including phenoxy) is 1. The molecule has 0 aromatic heterocycles. The van der Waals surface area contributed by atoms with Gasteiger partial charge in [-0.3, -0.25) is 20.2 Å². The molecule has 10 nitrogen and oxygen atoms in total. The van der Waals surface area contributed by atoms with E-state index in [0.717, 1.165) is 29.3 Å². The van der Waals surface area contributed by atoms with Gasteiger partial charge in [0.05, 0.1) is 34.3 Å². The molecule has 138 valence electrons. The minimum atomic E-state index is -1.02. The summed E-state index contributed by atoms with van der Waals surface area (Å²) in [6, 6.07) is 8.00. The van der Waals surface area contributed by atoms with Gasteiger partial charge >= 0.3 is 5.97 Å². The lowest BCUT2D eigenvalue weighted by molar-refractivity contribution is -0.394. The summed E-state index contributed by atoms with van der Waals surface area (Å²) in [5, 5.41) is 25.6. The Labute approximate surface area is 152 Å². The first-order valence-electron chi connectivity index (χ1n) is 7.78. The number of carbonyl (C=O) groups is 1. The fourth-order valence-electron chi connectivity index (χ4n) is 2.74. The van der Waals surface area contributed by atoms with Gasteiger partial charge in [0.1, 0.15) is 5.75 Å². The minimum Gasteiger partial charge on any atom is -0.497 e. The highest BCUT2D eigenvalue weighted by Gasteiger charge is 2.23. The maximum atomic E-state index is 12.2. The van der Waals surface area contributed by atoms with Crippen molar-refractivity contribution in [3.05, 3.63) is 73.3 Å². The third-order valence-corrected chi connectivity index (χ3v) is 4.05. The number of nitrogens with zero attached hydrogens (tertiary/aromatic N) is 3. The largest absolute Gasteiger partial charge is 0.497 e. The van der Waals surface area contributed by atoms with Crippen LogP contribution < -0.4 is 4.74 Å². The Kier molecular flexibility index (Phi) is 4.79. The zero-order chi connectivity index (χ0) is 19.6. The number of aryl methyl sites for hydroxylation is 1. The number of nitro benzene ring substituents is 2. The van der Waals surface area contributed by atoms with Crippen molar-refractivity contribution >= 4 is 23.1 Å². The average Bonchev–Trinajstić information content (AvgIpc) is 3.07. The van der Waals surface area contributed by atoms with Crippen LogP contribution in [-0.2, 0) is 11.3 Å². The Morgan fingerprint density at radius 1 is 1.04 bits per heavy atom. The molecule has 0 unspecified atom stereocenters. The zero-order valence-electron chi connectivity index (χ0n) is 14.1. The van der Waals surface area contributed by atoms with Crippen molar-refractivity contribution < 1.29 is 24.2 Å². The van der Waals surface area contributed by atoms with Crippen LogP contribution in [-0.4, -0.2) is 28.6 Å². The van der Waals surface area contributed by atoms with Crippen molar-refractivity contribution in [1.29, 1.82) is 0 Å². The normalized spacial score (nSPS) is 13.9. The molecule has 2 aromatic rings. The van der Waals surface area contributed by atoms with Crippen LogP contribution in [0.25, 0.3) is 0 Å². The van der Waals surface area contributed by atoms with Gasteiger partial charge in [0.25, 0.3) is 11.4 Å². The quantitative estimate of drug-likeness (QED) is 0.448. The summed E-state index contributed by atoms with van der Waals surface area (Å²) in [6.45, 7) is 0. The molecule has 27 heavy (non-hydrogen) atoms. The van der Waals surface area contributed by atoms with Crippen molar-refractivity contribution in [2.45, 2.75) is 12.8 Å². The molecule has 3 rings (SSSR count). The highest BCUT2D eigenvalue weighted by molar-refractivity contribution is 6.05. The number of hydrogen-bond acceptors (Lipinski definition) is 8. The molecule has 0 amide bonds. The SMILES string of the molecule is COc1ccc2c(c1)CC/C2=N\OC(=O)c1cc([N+](=O)[O-])cc([N+](=O)[O-])c1. The molecule has 0 saturated carbocycles. The second kappa shape index (κ2) is 7.20. The van der Waals surface area contributed by atoms with Crippen LogP contribution in [0.2, 0.25) is 0 Å². The van der Waals surface area contributed by atoms with E-state index < -0.39 is 27.2 Å².